The third-order valence-electron chi connectivity index (χ3n) is 7.47. The topological polar surface area (TPSA) is 63.2 Å². The van der Waals surface area contributed by atoms with Gasteiger partial charge in [0.1, 0.15) is 30.2 Å². The Labute approximate surface area is 254 Å². The van der Waals surface area contributed by atoms with E-state index in [1.165, 1.54) is 0 Å². The number of rotatable bonds is 15. The molecule has 224 valence electrons. The Morgan fingerprint density at radius 1 is 0.535 bits per heavy atom. The monoisotopic (exact) mass is 580 g/mol. The van der Waals surface area contributed by atoms with Gasteiger partial charge < -0.3 is 23.7 Å². The highest BCUT2D eigenvalue weighted by atomic mass is 16.6. The molecule has 0 N–H and O–H groups in total. The van der Waals surface area contributed by atoms with Crippen molar-refractivity contribution in [3.63, 3.8) is 0 Å². The van der Waals surface area contributed by atoms with Gasteiger partial charge in [-0.3, -0.25) is 4.79 Å². The minimum absolute atomic E-state index is 0.0210. The van der Waals surface area contributed by atoms with Gasteiger partial charge in [0.25, 0.3) is 0 Å². The van der Waals surface area contributed by atoms with E-state index in [2.05, 4.69) is 0 Å². The molecule has 0 aliphatic carbocycles. The molecule has 4 aromatic rings. The molecule has 1 fully saturated rings. The summed E-state index contributed by atoms with van der Waals surface area (Å²) in [4.78, 5) is 12.5. The first-order valence-corrected chi connectivity index (χ1v) is 14.9. The molecule has 1 aliphatic rings. The van der Waals surface area contributed by atoms with Crippen LogP contribution < -0.4 is 0 Å². The largest absolute Gasteiger partial charge is 0.374 e. The van der Waals surface area contributed by atoms with Crippen LogP contribution in [0.3, 0.4) is 0 Å². The van der Waals surface area contributed by atoms with Gasteiger partial charge in [-0.05, 0) is 29.2 Å². The molecular weight excluding hydrogens is 540 g/mol. The molecule has 43 heavy (non-hydrogen) atoms. The van der Waals surface area contributed by atoms with Crippen LogP contribution in [0.4, 0.5) is 0 Å². The van der Waals surface area contributed by atoms with Crippen molar-refractivity contribution in [2.45, 2.75) is 70.3 Å². The van der Waals surface area contributed by atoms with Gasteiger partial charge in [-0.1, -0.05) is 121 Å². The number of Topliss-reactive ketones (excluding diaryl/α,β-unsaturated/α-hetero) is 1. The second-order valence-corrected chi connectivity index (χ2v) is 10.9. The Kier molecular flexibility index (Phi) is 11.6. The lowest BCUT2D eigenvalue weighted by atomic mass is 9.91. The smallest absolute Gasteiger partial charge is 0.132 e. The van der Waals surface area contributed by atoms with Crippen molar-refractivity contribution in [3.8, 4) is 0 Å². The Bertz CT molecular complexity index is 1350. The summed E-state index contributed by atoms with van der Waals surface area (Å²) < 4.78 is 32.7. The first-order valence-electron chi connectivity index (χ1n) is 14.9. The number of ether oxygens (including phenoxy) is 5. The van der Waals surface area contributed by atoms with E-state index in [1.807, 2.05) is 121 Å². The third-order valence-corrected chi connectivity index (χ3v) is 7.47. The van der Waals surface area contributed by atoms with E-state index in [0.717, 1.165) is 22.3 Å². The quantitative estimate of drug-likeness (QED) is 0.156. The van der Waals surface area contributed by atoms with Crippen LogP contribution in [-0.2, 0) is 54.9 Å². The minimum atomic E-state index is -0.543. The lowest BCUT2D eigenvalue weighted by Crippen LogP contribution is -2.61. The molecule has 0 radical (unpaired) electrons. The van der Waals surface area contributed by atoms with E-state index in [4.69, 9.17) is 23.7 Å². The Balaban J connectivity index is 1.42. The highest BCUT2D eigenvalue weighted by Gasteiger charge is 2.48. The molecule has 0 saturated carbocycles. The highest BCUT2D eigenvalue weighted by molar-refractivity contribution is 5.76. The van der Waals surface area contributed by atoms with E-state index in [-0.39, 0.29) is 18.8 Å². The second kappa shape index (κ2) is 16.3. The molecule has 0 bridgehead atoms. The van der Waals surface area contributed by atoms with Crippen LogP contribution in [0.15, 0.2) is 121 Å². The van der Waals surface area contributed by atoms with E-state index in [0.29, 0.717) is 26.4 Å². The van der Waals surface area contributed by atoms with Crippen LogP contribution in [0.25, 0.3) is 0 Å². The van der Waals surface area contributed by atoms with Crippen LogP contribution in [0.1, 0.15) is 35.6 Å². The van der Waals surface area contributed by atoms with Gasteiger partial charge >= 0.3 is 0 Å². The molecule has 5 rings (SSSR count). The number of benzene rings is 4. The summed E-state index contributed by atoms with van der Waals surface area (Å²) in [6.45, 7) is 3.39. The first-order chi connectivity index (χ1) is 21.2. The van der Waals surface area contributed by atoms with Gasteiger partial charge in [-0.25, -0.2) is 0 Å². The average Bonchev–Trinajstić information content (AvgIpc) is 3.04. The zero-order valence-corrected chi connectivity index (χ0v) is 24.6. The molecule has 0 unspecified atom stereocenters. The first kappa shape index (κ1) is 30.8. The summed E-state index contributed by atoms with van der Waals surface area (Å²) in [6, 6.07) is 40.1. The van der Waals surface area contributed by atoms with Crippen molar-refractivity contribution in [2.24, 2.45) is 0 Å². The Hall–Kier alpha value is -3.65. The molecule has 5 atom stereocenters. The maximum Gasteiger partial charge on any atom is 0.132 e. The number of carbonyl (C=O) groups is 1. The molecular formula is C37H40O6. The highest BCUT2D eigenvalue weighted by Crippen LogP contribution is 2.32. The summed E-state index contributed by atoms with van der Waals surface area (Å²) in [5.41, 5.74) is 4.18. The van der Waals surface area contributed by atoms with Crippen LogP contribution in [-0.4, -0.2) is 42.9 Å². The lowest BCUT2D eigenvalue weighted by Gasteiger charge is -2.46. The number of hydrogen-bond donors (Lipinski definition) is 0. The van der Waals surface area contributed by atoms with Crippen molar-refractivity contribution < 1.29 is 28.5 Å². The van der Waals surface area contributed by atoms with Crippen molar-refractivity contribution >= 4 is 5.78 Å². The number of ketones is 1. The van der Waals surface area contributed by atoms with Crippen molar-refractivity contribution in [1.82, 2.24) is 0 Å². The van der Waals surface area contributed by atoms with E-state index in [9.17, 15) is 4.79 Å². The fourth-order valence-electron chi connectivity index (χ4n) is 5.33. The number of carbonyl (C=O) groups excluding carboxylic acids is 1. The fraction of sp³-hybridized carbons (Fsp3) is 0.324. The molecule has 1 aliphatic heterocycles. The summed E-state index contributed by atoms with van der Waals surface area (Å²) in [5, 5.41) is 0. The average molecular weight is 581 g/mol. The summed E-state index contributed by atoms with van der Waals surface area (Å²) in [6.07, 6.45) is -2.37. The van der Waals surface area contributed by atoms with Gasteiger partial charge in [0, 0.05) is 6.42 Å². The fourth-order valence-corrected chi connectivity index (χ4v) is 5.33. The standard InChI is InChI=1S/C37H40O6/c1-28(38)22-33-35(40-24-30-16-8-3-9-17-30)37(42-26-32-20-12-5-13-21-32)36(41-25-31-18-10-4-11-19-31)34(43-33)27-39-23-29-14-6-2-7-15-29/h2-21,33-37H,22-27H2,1H3/t33-,34-,35+,36-,37-/m1/s1. The van der Waals surface area contributed by atoms with Crippen LogP contribution in [0.2, 0.25) is 0 Å². The Morgan fingerprint density at radius 2 is 0.907 bits per heavy atom. The maximum atomic E-state index is 12.5. The van der Waals surface area contributed by atoms with E-state index in [1.54, 1.807) is 6.92 Å². The zero-order valence-electron chi connectivity index (χ0n) is 24.6. The molecule has 1 saturated heterocycles. The van der Waals surface area contributed by atoms with Gasteiger partial charge in [0.05, 0.1) is 39.1 Å². The second-order valence-electron chi connectivity index (χ2n) is 10.9. The zero-order chi connectivity index (χ0) is 29.7. The SMILES string of the molecule is CC(=O)C[C@H]1O[C@H](COCc2ccccc2)[C@@H](OCc2ccccc2)[C@H](OCc2ccccc2)[C@H]1OCc1ccccc1. The predicted molar refractivity (Wildman–Crippen MR) is 165 cm³/mol. The molecule has 0 spiro atoms. The van der Waals surface area contributed by atoms with Crippen molar-refractivity contribution in [1.29, 1.82) is 0 Å². The van der Waals surface area contributed by atoms with Gasteiger partial charge in [-0.15, -0.1) is 0 Å². The van der Waals surface area contributed by atoms with Gasteiger partial charge in [0.2, 0.25) is 0 Å². The van der Waals surface area contributed by atoms with Crippen LogP contribution in [0.5, 0.6) is 0 Å². The number of hydrogen-bond acceptors (Lipinski definition) is 6. The van der Waals surface area contributed by atoms with Crippen molar-refractivity contribution in [3.05, 3.63) is 144 Å². The van der Waals surface area contributed by atoms with Crippen LogP contribution in [0, 0.1) is 0 Å². The summed E-state index contributed by atoms with van der Waals surface area (Å²) in [7, 11) is 0. The molecule has 4 aromatic carbocycles. The molecule has 1 heterocycles. The van der Waals surface area contributed by atoms with Gasteiger partial charge in [-0.2, -0.15) is 0 Å². The molecule has 6 nitrogen and oxygen atoms in total. The predicted octanol–water partition coefficient (Wildman–Crippen LogP) is 6.71. The van der Waals surface area contributed by atoms with Gasteiger partial charge in [0.15, 0.2) is 0 Å². The summed E-state index contributed by atoms with van der Waals surface area (Å²) in [5.74, 6) is 0.0210. The Morgan fingerprint density at radius 3 is 1.33 bits per heavy atom. The summed E-state index contributed by atoms with van der Waals surface area (Å²) >= 11 is 0. The van der Waals surface area contributed by atoms with E-state index < -0.39 is 30.5 Å². The normalized spacial score (nSPS) is 21.8. The minimum Gasteiger partial charge on any atom is -0.374 e. The molecule has 0 amide bonds. The third kappa shape index (κ3) is 9.42. The molecule has 6 heteroatoms. The van der Waals surface area contributed by atoms with Crippen LogP contribution >= 0.6 is 0 Å². The van der Waals surface area contributed by atoms with Crippen molar-refractivity contribution in [2.75, 3.05) is 6.61 Å². The van der Waals surface area contributed by atoms with E-state index >= 15 is 0 Å². The lowest BCUT2D eigenvalue weighted by molar-refractivity contribution is -0.272. The molecule has 0 aromatic heterocycles. The maximum absolute atomic E-state index is 12.5.